The van der Waals surface area contributed by atoms with Gasteiger partial charge in [-0.3, -0.25) is 14.5 Å². The second-order valence-electron chi connectivity index (χ2n) is 8.69. The first-order chi connectivity index (χ1) is 16.4. The van der Waals surface area contributed by atoms with Crippen molar-refractivity contribution in [2.75, 3.05) is 12.0 Å². The summed E-state index contributed by atoms with van der Waals surface area (Å²) < 4.78 is 11.2. The van der Waals surface area contributed by atoms with Crippen molar-refractivity contribution in [2.24, 2.45) is 0 Å². The molecule has 1 amide bonds. The number of ether oxygens (including phenoxy) is 2. The summed E-state index contributed by atoms with van der Waals surface area (Å²) in [5.41, 5.74) is 3.62. The predicted octanol–water partition coefficient (Wildman–Crippen LogP) is 4.95. The van der Waals surface area contributed by atoms with Crippen LogP contribution in [0.1, 0.15) is 35.2 Å². The molecule has 2 unspecified atom stereocenters. The van der Waals surface area contributed by atoms with Crippen LogP contribution in [0.15, 0.2) is 72.3 Å². The van der Waals surface area contributed by atoms with E-state index in [1.54, 1.807) is 37.4 Å². The fraction of sp³-hybridized carbons (Fsp3) is 0.214. The number of anilines is 1. The normalized spacial score (nSPS) is 20.9. The molecule has 5 rings (SSSR count). The SMILES string of the molecule is COc1cccc(C2/C(=C(/O)c3ccc4c(c3)CC(C)O4)C(=O)C(=O)N2c2ccccc2C)c1. The number of para-hydroxylation sites is 1. The minimum absolute atomic E-state index is 0.0495. The highest BCUT2D eigenvalue weighted by molar-refractivity contribution is 6.51. The number of aliphatic hydroxyl groups is 1. The van der Waals surface area contributed by atoms with Crippen LogP contribution in [-0.2, 0) is 16.0 Å². The van der Waals surface area contributed by atoms with Crippen molar-refractivity contribution in [1.29, 1.82) is 0 Å². The number of fused-ring (bicyclic) bond motifs is 1. The number of ketones is 1. The third kappa shape index (κ3) is 3.52. The van der Waals surface area contributed by atoms with Crippen molar-refractivity contribution < 1.29 is 24.2 Å². The van der Waals surface area contributed by atoms with Gasteiger partial charge in [0.25, 0.3) is 11.7 Å². The van der Waals surface area contributed by atoms with Crippen LogP contribution in [0.2, 0.25) is 0 Å². The Labute approximate surface area is 198 Å². The zero-order chi connectivity index (χ0) is 24.0. The van der Waals surface area contributed by atoms with Gasteiger partial charge in [-0.25, -0.2) is 0 Å². The number of methoxy groups -OCH3 is 1. The molecule has 172 valence electrons. The van der Waals surface area contributed by atoms with Crippen molar-refractivity contribution in [3.63, 3.8) is 0 Å². The van der Waals surface area contributed by atoms with E-state index < -0.39 is 17.7 Å². The van der Waals surface area contributed by atoms with Crippen LogP contribution in [-0.4, -0.2) is 30.0 Å². The number of carbonyl (C=O) groups is 2. The van der Waals surface area contributed by atoms with Crippen LogP contribution in [0, 0.1) is 6.92 Å². The average Bonchev–Trinajstić information content (AvgIpc) is 3.34. The number of aliphatic hydroxyl groups excluding tert-OH is 1. The molecule has 0 aromatic heterocycles. The van der Waals surface area contributed by atoms with E-state index in [9.17, 15) is 14.7 Å². The van der Waals surface area contributed by atoms with Crippen LogP contribution < -0.4 is 14.4 Å². The van der Waals surface area contributed by atoms with Gasteiger partial charge >= 0.3 is 0 Å². The summed E-state index contributed by atoms with van der Waals surface area (Å²) in [7, 11) is 1.56. The maximum absolute atomic E-state index is 13.4. The van der Waals surface area contributed by atoms with E-state index in [2.05, 4.69) is 0 Å². The van der Waals surface area contributed by atoms with E-state index in [0.29, 0.717) is 29.0 Å². The molecule has 2 aliphatic heterocycles. The highest BCUT2D eigenvalue weighted by atomic mass is 16.5. The number of rotatable bonds is 4. The number of amides is 1. The average molecular weight is 456 g/mol. The number of aryl methyl sites for hydroxylation is 1. The zero-order valence-electron chi connectivity index (χ0n) is 19.2. The van der Waals surface area contributed by atoms with Gasteiger partial charge in [-0.1, -0.05) is 30.3 Å². The molecule has 0 saturated carbocycles. The Morgan fingerprint density at radius 2 is 1.85 bits per heavy atom. The molecule has 3 aromatic rings. The number of Topliss-reactive ketones (excluding diaryl/α,β-unsaturated/α-hetero) is 1. The predicted molar refractivity (Wildman–Crippen MR) is 129 cm³/mol. The van der Waals surface area contributed by atoms with Crippen LogP contribution in [0.25, 0.3) is 5.76 Å². The van der Waals surface area contributed by atoms with Crippen LogP contribution >= 0.6 is 0 Å². The van der Waals surface area contributed by atoms with Crippen LogP contribution in [0.4, 0.5) is 5.69 Å². The van der Waals surface area contributed by atoms with Crippen molar-refractivity contribution in [3.05, 3.63) is 94.6 Å². The highest BCUT2D eigenvalue weighted by Crippen LogP contribution is 2.44. The molecule has 1 fully saturated rings. The number of hydrogen-bond donors (Lipinski definition) is 1. The van der Waals surface area contributed by atoms with Gasteiger partial charge < -0.3 is 14.6 Å². The smallest absolute Gasteiger partial charge is 0.300 e. The minimum Gasteiger partial charge on any atom is -0.507 e. The molecule has 0 spiro atoms. The van der Waals surface area contributed by atoms with Gasteiger partial charge in [-0.2, -0.15) is 0 Å². The number of carbonyl (C=O) groups excluding carboxylic acids is 2. The summed E-state index contributed by atoms with van der Waals surface area (Å²) in [5, 5.41) is 11.4. The lowest BCUT2D eigenvalue weighted by molar-refractivity contribution is -0.132. The monoisotopic (exact) mass is 455 g/mol. The van der Waals surface area contributed by atoms with Gasteiger partial charge in [-0.05, 0) is 66.9 Å². The summed E-state index contributed by atoms with van der Waals surface area (Å²) in [6.45, 7) is 3.87. The number of benzene rings is 3. The molecular weight excluding hydrogens is 430 g/mol. The molecule has 6 heteroatoms. The Bertz CT molecular complexity index is 1340. The van der Waals surface area contributed by atoms with Crippen LogP contribution in [0.3, 0.4) is 0 Å². The molecule has 2 atom stereocenters. The minimum atomic E-state index is -0.806. The summed E-state index contributed by atoms with van der Waals surface area (Å²) in [4.78, 5) is 28.2. The Kier molecular flexibility index (Phi) is 5.36. The lowest BCUT2D eigenvalue weighted by Gasteiger charge is -2.27. The largest absolute Gasteiger partial charge is 0.507 e. The summed E-state index contributed by atoms with van der Waals surface area (Å²) in [5.74, 6) is -0.240. The first-order valence-corrected chi connectivity index (χ1v) is 11.2. The quantitative estimate of drug-likeness (QED) is 0.342. The van der Waals surface area contributed by atoms with E-state index in [1.807, 2.05) is 50.2 Å². The maximum Gasteiger partial charge on any atom is 0.300 e. The second kappa shape index (κ2) is 8.37. The topological polar surface area (TPSA) is 76.1 Å². The van der Waals surface area contributed by atoms with Gasteiger partial charge in [0.1, 0.15) is 23.4 Å². The molecule has 6 nitrogen and oxygen atoms in total. The van der Waals surface area contributed by atoms with Crippen molar-refractivity contribution >= 4 is 23.1 Å². The molecule has 2 heterocycles. The van der Waals surface area contributed by atoms with Gasteiger partial charge in [0.2, 0.25) is 0 Å². The lowest BCUT2D eigenvalue weighted by Crippen LogP contribution is -2.30. The van der Waals surface area contributed by atoms with Gasteiger partial charge in [0.15, 0.2) is 0 Å². The van der Waals surface area contributed by atoms with Gasteiger partial charge in [0, 0.05) is 17.7 Å². The first-order valence-electron chi connectivity index (χ1n) is 11.2. The lowest BCUT2D eigenvalue weighted by atomic mass is 9.94. The molecule has 1 N–H and O–H groups in total. The van der Waals surface area contributed by atoms with E-state index in [-0.39, 0.29) is 17.4 Å². The summed E-state index contributed by atoms with van der Waals surface area (Å²) in [6.07, 6.45) is 0.767. The van der Waals surface area contributed by atoms with E-state index in [0.717, 1.165) is 16.9 Å². The summed E-state index contributed by atoms with van der Waals surface area (Å²) in [6, 6.07) is 19.2. The molecule has 0 bridgehead atoms. The van der Waals surface area contributed by atoms with E-state index in [4.69, 9.17) is 9.47 Å². The fourth-order valence-electron chi connectivity index (χ4n) is 4.77. The van der Waals surface area contributed by atoms with Gasteiger partial charge in [-0.15, -0.1) is 0 Å². The number of nitrogens with zero attached hydrogens (tertiary/aromatic N) is 1. The standard InChI is InChI=1S/C28H25NO5/c1-16-7-4-5-10-22(16)29-25(18-8-6-9-21(15-18)33-3)24(27(31)28(29)32)26(30)19-11-12-23-20(14-19)13-17(2)34-23/h4-12,14-15,17,25,30H,13H2,1-3H3/b26-24-. The molecular formula is C28H25NO5. The Morgan fingerprint density at radius 1 is 1.06 bits per heavy atom. The Morgan fingerprint density at radius 3 is 2.62 bits per heavy atom. The third-order valence-electron chi connectivity index (χ3n) is 6.40. The molecule has 34 heavy (non-hydrogen) atoms. The number of hydrogen-bond acceptors (Lipinski definition) is 5. The van der Waals surface area contributed by atoms with Crippen molar-refractivity contribution in [3.8, 4) is 11.5 Å². The van der Waals surface area contributed by atoms with Crippen LogP contribution in [0.5, 0.6) is 11.5 Å². The van der Waals surface area contributed by atoms with E-state index >= 15 is 0 Å². The Balaban J connectivity index is 1.71. The molecule has 0 radical (unpaired) electrons. The molecule has 3 aromatic carbocycles. The zero-order valence-corrected chi connectivity index (χ0v) is 19.2. The third-order valence-corrected chi connectivity index (χ3v) is 6.40. The highest BCUT2D eigenvalue weighted by Gasteiger charge is 2.47. The van der Waals surface area contributed by atoms with Gasteiger partial charge in [0.05, 0.1) is 18.7 Å². The summed E-state index contributed by atoms with van der Waals surface area (Å²) >= 11 is 0. The van der Waals surface area contributed by atoms with Crippen molar-refractivity contribution in [2.45, 2.75) is 32.4 Å². The Hall–Kier alpha value is -4.06. The molecule has 0 aliphatic carbocycles. The first kappa shape index (κ1) is 21.8. The second-order valence-corrected chi connectivity index (χ2v) is 8.69. The maximum atomic E-state index is 13.4. The molecule has 1 saturated heterocycles. The van der Waals surface area contributed by atoms with Crippen molar-refractivity contribution in [1.82, 2.24) is 0 Å². The van der Waals surface area contributed by atoms with E-state index in [1.165, 1.54) is 4.90 Å². The molecule has 2 aliphatic rings. The fourth-order valence-corrected chi connectivity index (χ4v) is 4.77.